The maximum atomic E-state index is 12.4. The van der Waals surface area contributed by atoms with Crippen molar-refractivity contribution in [3.63, 3.8) is 0 Å². The monoisotopic (exact) mass is 358 g/mol. The third-order valence-corrected chi connectivity index (χ3v) is 4.22. The molecule has 0 bridgehead atoms. The zero-order valence-electron chi connectivity index (χ0n) is 14.6. The number of carbonyl (C=O) groups excluding carboxylic acids is 1. The Morgan fingerprint density at radius 1 is 1.04 bits per heavy atom. The Morgan fingerprint density at radius 3 is 2.74 bits per heavy atom. The number of imidazole rings is 1. The molecule has 4 heterocycles. The van der Waals surface area contributed by atoms with Crippen molar-refractivity contribution < 1.29 is 4.79 Å². The van der Waals surface area contributed by atoms with Crippen LogP contribution in [0.2, 0.25) is 0 Å². The summed E-state index contributed by atoms with van der Waals surface area (Å²) in [7, 11) is 0. The Hall–Kier alpha value is -3.61. The molecule has 0 saturated heterocycles. The summed E-state index contributed by atoms with van der Waals surface area (Å²) in [5.74, 6) is -0.155. The van der Waals surface area contributed by atoms with E-state index in [9.17, 15) is 4.79 Å². The van der Waals surface area contributed by atoms with Crippen LogP contribution in [0.4, 0.5) is 0 Å². The van der Waals surface area contributed by atoms with Crippen LogP contribution in [-0.2, 0) is 13.0 Å². The van der Waals surface area contributed by atoms with Crippen molar-refractivity contribution in [1.29, 1.82) is 0 Å². The van der Waals surface area contributed by atoms with E-state index in [0.29, 0.717) is 24.2 Å². The average molecular weight is 358 g/mol. The molecule has 0 saturated carbocycles. The summed E-state index contributed by atoms with van der Waals surface area (Å²) >= 11 is 0. The van der Waals surface area contributed by atoms with Gasteiger partial charge in [-0.15, -0.1) is 0 Å². The van der Waals surface area contributed by atoms with Gasteiger partial charge in [0.1, 0.15) is 5.52 Å². The van der Waals surface area contributed by atoms with E-state index in [1.165, 1.54) is 0 Å². The average Bonchev–Trinajstić information content (AvgIpc) is 3.11. The minimum atomic E-state index is -0.155. The summed E-state index contributed by atoms with van der Waals surface area (Å²) in [6, 6.07) is 11.4. The highest BCUT2D eigenvalue weighted by Gasteiger charge is 2.11. The fourth-order valence-corrected chi connectivity index (χ4v) is 2.83. The summed E-state index contributed by atoms with van der Waals surface area (Å²) in [5, 5.41) is 2.91. The molecule has 134 valence electrons. The first kappa shape index (κ1) is 16.8. The van der Waals surface area contributed by atoms with E-state index in [1.54, 1.807) is 37.2 Å². The molecule has 1 N–H and O–H groups in total. The minimum Gasteiger partial charge on any atom is -0.352 e. The number of fused-ring (bicyclic) bond motifs is 1. The Balaban J connectivity index is 1.43. The van der Waals surface area contributed by atoms with E-state index in [0.717, 1.165) is 23.3 Å². The lowest BCUT2D eigenvalue weighted by Gasteiger charge is -2.06. The number of amides is 1. The number of nitrogens with zero attached hydrogens (tertiary/aromatic N) is 5. The molecule has 0 aliphatic heterocycles. The van der Waals surface area contributed by atoms with Crippen molar-refractivity contribution in [3.05, 3.63) is 84.3 Å². The molecule has 0 radical (unpaired) electrons. The molecule has 1 amide bonds. The van der Waals surface area contributed by atoms with E-state index in [2.05, 4.69) is 25.3 Å². The fraction of sp³-hybridized carbons (Fsp3) is 0.150. The first-order valence-corrected chi connectivity index (χ1v) is 8.67. The number of hydrogen-bond donors (Lipinski definition) is 1. The number of nitrogens with one attached hydrogen (secondary N) is 1. The van der Waals surface area contributed by atoms with Crippen LogP contribution in [0.1, 0.15) is 21.6 Å². The van der Waals surface area contributed by atoms with Gasteiger partial charge < -0.3 is 9.88 Å². The van der Waals surface area contributed by atoms with Crippen LogP contribution in [-0.4, -0.2) is 37.0 Å². The van der Waals surface area contributed by atoms with Crippen molar-refractivity contribution in [2.75, 3.05) is 6.54 Å². The van der Waals surface area contributed by atoms with Crippen molar-refractivity contribution in [3.8, 4) is 0 Å². The van der Waals surface area contributed by atoms with Gasteiger partial charge in [-0.3, -0.25) is 14.8 Å². The minimum absolute atomic E-state index is 0.155. The molecule has 7 heteroatoms. The summed E-state index contributed by atoms with van der Waals surface area (Å²) in [6.07, 6.45) is 9.31. The van der Waals surface area contributed by atoms with Gasteiger partial charge in [-0.2, -0.15) is 0 Å². The van der Waals surface area contributed by atoms with Gasteiger partial charge in [0, 0.05) is 31.3 Å². The van der Waals surface area contributed by atoms with Gasteiger partial charge >= 0.3 is 0 Å². The lowest BCUT2D eigenvalue weighted by Crippen LogP contribution is -2.25. The Morgan fingerprint density at radius 2 is 1.93 bits per heavy atom. The van der Waals surface area contributed by atoms with Gasteiger partial charge in [-0.1, -0.05) is 6.07 Å². The molecular formula is C20H18N6O. The fourth-order valence-electron chi connectivity index (χ4n) is 2.83. The second-order valence-corrected chi connectivity index (χ2v) is 6.12. The van der Waals surface area contributed by atoms with Crippen LogP contribution in [0.3, 0.4) is 0 Å². The molecule has 7 nitrogen and oxygen atoms in total. The lowest BCUT2D eigenvalue weighted by molar-refractivity contribution is 0.0954. The first-order valence-electron chi connectivity index (χ1n) is 8.67. The largest absolute Gasteiger partial charge is 0.352 e. The second-order valence-electron chi connectivity index (χ2n) is 6.12. The van der Waals surface area contributed by atoms with Gasteiger partial charge in [-0.05, 0) is 42.3 Å². The number of carbonyl (C=O) groups is 1. The van der Waals surface area contributed by atoms with Gasteiger partial charge in [0.05, 0.1) is 24.1 Å². The highest BCUT2D eigenvalue weighted by atomic mass is 16.1. The van der Waals surface area contributed by atoms with Crippen LogP contribution < -0.4 is 5.32 Å². The predicted molar refractivity (Wildman–Crippen MR) is 101 cm³/mol. The highest BCUT2D eigenvalue weighted by Crippen LogP contribution is 2.13. The van der Waals surface area contributed by atoms with Gasteiger partial charge in [0.25, 0.3) is 5.91 Å². The van der Waals surface area contributed by atoms with E-state index >= 15 is 0 Å². The zero-order valence-corrected chi connectivity index (χ0v) is 14.6. The van der Waals surface area contributed by atoms with Crippen LogP contribution >= 0.6 is 0 Å². The van der Waals surface area contributed by atoms with Gasteiger partial charge in [0.15, 0.2) is 5.65 Å². The smallest absolute Gasteiger partial charge is 0.252 e. The molecule has 0 atom stereocenters. The van der Waals surface area contributed by atoms with Crippen molar-refractivity contribution in [2.24, 2.45) is 0 Å². The summed E-state index contributed by atoms with van der Waals surface area (Å²) in [5.41, 5.74) is 3.98. The first-order chi connectivity index (χ1) is 13.3. The second kappa shape index (κ2) is 7.74. The molecule has 0 spiro atoms. The summed E-state index contributed by atoms with van der Waals surface area (Å²) in [4.78, 5) is 29.5. The van der Waals surface area contributed by atoms with E-state index in [-0.39, 0.29) is 5.91 Å². The molecule has 4 aromatic rings. The maximum absolute atomic E-state index is 12.4. The van der Waals surface area contributed by atoms with Crippen LogP contribution in [0, 0.1) is 0 Å². The molecule has 4 aromatic heterocycles. The lowest BCUT2D eigenvalue weighted by atomic mass is 10.2. The quantitative estimate of drug-likeness (QED) is 0.571. The number of rotatable bonds is 6. The number of pyridine rings is 3. The predicted octanol–water partition coefficient (Wildman–Crippen LogP) is 2.24. The van der Waals surface area contributed by atoms with Gasteiger partial charge in [-0.25, -0.2) is 9.97 Å². The van der Waals surface area contributed by atoms with Crippen molar-refractivity contribution in [1.82, 2.24) is 29.8 Å². The van der Waals surface area contributed by atoms with Crippen LogP contribution in [0.15, 0.2) is 67.5 Å². The van der Waals surface area contributed by atoms with Crippen molar-refractivity contribution >= 4 is 17.1 Å². The summed E-state index contributed by atoms with van der Waals surface area (Å²) < 4.78 is 1.92. The molecule has 0 aromatic carbocycles. The molecule has 0 aliphatic carbocycles. The standard InChI is InChI=1S/C20H18N6O/c27-20(23-10-6-15-4-8-21-9-5-15)16-11-18-19(24-12-16)26(14-25-18)13-17-3-1-2-7-22-17/h1-5,7-9,11-12,14H,6,10,13H2,(H,23,27). The molecular weight excluding hydrogens is 340 g/mol. The van der Waals surface area contributed by atoms with Crippen LogP contribution in [0.5, 0.6) is 0 Å². The van der Waals surface area contributed by atoms with Gasteiger partial charge in [0.2, 0.25) is 0 Å². The maximum Gasteiger partial charge on any atom is 0.252 e. The Bertz CT molecular complexity index is 1050. The van der Waals surface area contributed by atoms with Crippen LogP contribution in [0.25, 0.3) is 11.2 Å². The van der Waals surface area contributed by atoms with E-state index < -0.39 is 0 Å². The number of aromatic nitrogens is 5. The normalized spacial score (nSPS) is 10.8. The van der Waals surface area contributed by atoms with E-state index in [1.807, 2.05) is 34.9 Å². The molecule has 4 rings (SSSR count). The molecule has 27 heavy (non-hydrogen) atoms. The highest BCUT2D eigenvalue weighted by molar-refractivity contribution is 5.96. The molecule has 0 unspecified atom stereocenters. The third-order valence-electron chi connectivity index (χ3n) is 4.22. The number of hydrogen-bond acceptors (Lipinski definition) is 5. The summed E-state index contributed by atoms with van der Waals surface area (Å²) in [6.45, 7) is 1.14. The third kappa shape index (κ3) is 3.98. The SMILES string of the molecule is O=C(NCCc1ccncc1)c1cnc2c(c1)ncn2Cc1ccccn1. The molecule has 0 aliphatic rings. The Labute approximate surface area is 156 Å². The molecule has 0 fully saturated rings. The topological polar surface area (TPSA) is 85.6 Å². The van der Waals surface area contributed by atoms with Crippen molar-refractivity contribution in [2.45, 2.75) is 13.0 Å². The Kier molecular flexibility index (Phi) is 4.82. The zero-order chi connectivity index (χ0) is 18.5. The van der Waals surface area contributed by atoms with E-state index in [4.69, 9.17) is 0 Å².